The number of anilines is 1. The maximum absolute atomic E-state index is 13.8. The molecule has 7 heteroatoms. The number of nitrogens with zero attached hydrogens (tertiary/aromatic N) is 3. The number of carbonyl (C=O) groups is 1. The van der Waals surface area contributed by atoms with Crippen molar-refractivity contribution in [3.05, 3.63) is 75.6 Å². The zero-order valence-corrected chi connectivity index (χ0v) is 14.5. The van der Waals surface area contributed by atoms with Crippen molar-refractivity contribution in [3.8, 4) is 0 Å². The maximum atomic E-state index is 13.8. The predicted molar refractivity (Wildman–Crippen MR) is 96.5 cm³/mol. The van der Waals surface area contributed by atoms with Crippen LogP contribution < -0.4 is 5.32 Å². The summed E-state index contributed by atoms with van der Waals surface area (Å²) in [5.41, 5.74) is 2.24. The minimum atomic E-state index is -0.448. The van der Waals surface area contributed by atoms with E-state index in [9.17, 15) is 9.18 Å². The molecule has 1 N–H and O–H groups in total. The number of fused-ring (bicyclic) bond motifs is 1. The first kappa shape index (κ1) is 15.5. The first-order valence-corrected chi connectivity index (χ1v) is 9.30. The molecule has 5 nitrogen and oxygen atoms in total. The molecule has 130 valence electrons. The van der Waals surface area contributed by atoms with Crippen LogP contribution in [0.15, 0.2) is 59.4 Å². The lowest BCUT2D eigenvalue weighted by Gasteiger charge is -2.34. The van der Waals surface area contributed by atoms with E-state index in [0.717, 1.165) is 12.1 Å². The van der Waals surface area contributed by atoms with Crippen LogP contribution in [0.5, 0.6) is 0 Å². The maximum Gasteiger partial charge on any atom is 0.226 e. The summed E-state index contributed by atoms with van der Waals surface area (Å²) in [7, 11) is 0. The molecule has 0 spiro atoms. The summed E-state index contributed by atoms with van der Waals surface area (Å²) in [6.07, 6.45) is 2.64. The van der Waals surface area contributed by atoms with Gasteiger partial charge in [-0.05, 0) is 35.6 Å². The van der Waals surface area contributed by atoms with Gasteiger partial charge in [0.15, 0.2) is 5.78 Å². The molecule has 1 aliphatic heterocycles. The van der Waals surface area contributed by atoms with Crippen molar-refractivity contribution >= 4 is 23.1 Å². The first-order chi connectivity index (χ1) is 12.7. The smallest absolute Gasteiger partial charge is 0.226 e. The Balaban J connectivity index is 1.63. The topological polar surface area (TPSA) is 59.8 Å². The number of ketones is 1. The summed E-state index contributed by atoms with van der Waals surface area (Å²) in [5, 5.41) is 9.58. The minimum Gasteiger partial charge on any atom is -0.328 e. The zero-order valence-electron chi connectivity index (χ0n) is 13.7. The molecule has 1 aliphatic carbocycles. The SMILES string of the molecule is O=C1C[C@@H](c2cccs2)CC2=C1[C@H](c1cccc(F)c1)n1ncnc1N2. The van der Waals surface area contributed by atoms with Crippen molar-refractivity contribution < 1.29 is 9.18 Å². The number of benzene rings is 1. The van der Waals surface area contributed by atoms with Crippen molar-refractivity contribution in [2.24, 2.45) is 0 Å². The van der Waals surface area contributed by atoms with E-state index >= 15 is 0 Å². The Hall–Kier alpha value is -2.80. The van der Waals surface area contributed by atoms with Crippen molar-refractivity contribution in [2.75, 3.05) is 5.32 Å². The highest BCUT2D eigenvalue weighted by atomic mass is 32.1. The number of hydrogen-bond donors (Lipinski definition) is 1. The van der Waals surface area contributed by atoms with Gasteiger partial charge in [-0.15, -0.1) is 11.3 Å². The third kappa shape index (κ3) is 2.39. The van der Waals surface area contributed by atoms with Crippen LogP contribution >= 0.6 is 11.3 Å². The Labute approximate surface area is 153 Å². The second-order valence-electron chi connectivity index (χ2n) is 6.55. The Morgan fingerprint density at radius 1 is 1.23 bits per heavy atom. The van der Waals surface area contributed by atoms with Gasteiger partial charge in [0, 0.05) is 28.5 Å². The number of Topliss-reactive ketones (excluding diaryl/α,β-unsaturated/α-hetero) is 1. The van der Waals surface area contributed by atoms with E-state index in [2.05, 4.69) is 21.5 Å². The summed E-state index contributed by atoms with van der Waals surface area (Å²) in [5.74, 6) is 0.492. The molecule has 26 heavy (non-hydrogen) atoms. The number of rotatable bonds is 2. The number of allylic oxidation sites excluding steroid dienone is 2. The average Bonchev–Trinajstić information content (AvgIpc) is 3.31. The highest BCUT2D eigenvalue weighted by Crippen LogP contribution is 2.44. The van der Waals surface area contributed by atoms with Crippen LogP contribution in [-0.2, 0) is 4.79 Å². The van der Waals surface area contributed by atoms with E-state index in [1.807, 2.05) is 17.5 Å². The van der Waals surface area contributed by atoms with Gasteiger partial charge in [-0.25, -0.2) is 9.07 Å². The molecule has 3 heterocycles. The molecular formula is C19H15FN4OS. The second kappa shape index (κ2) is 5.88. The van der Waals surface area contributed by atoms with Crippen LogP contribution in [0.25, 0.3) is 0 Å². The lowest BCUT2D eigenvalue weighted by Crippen LogP contribution is -2.33. The van der Waals surface area contributed by atoms with Crippen molar-refractivity contribution in [1.82, 2.24) is 14.8 Å². The normalized spacial score (nSPS) is 22.0. The fourth-order valence-electron chi connectivity index (χ4n) is 3.86. The Kier molecular flexibility index (Phi) is 3.49. The van der Waals surface area contributed by atoms with Gasteiger partial charge in [0.2, 0.25) is 5.95 Å². The summed E-state index contributed by atoms with van der Waals surface area (Å²) < 4.78 is 15.5. The zero-order chi connectivity index (χ0) is 17.7. The average molecular weight is 366 g/mol. The molecule has 0 bridgehead atoms. The monoisotopic (exact) mass is 366 g/mol. The fourth-order valence-corrected chi connectivity index (χ4v) is 4.69. The van der Waals surface area contributed by atoms with Crippen molar-refractivity contribution in [2.45, 2.75) is 24.8 Å². The molecule has 0 radical (unpaired) electrons. The molecule has 3 aromatic rings. The lowest BCUT2D eigenvalue weighted by molar-refractivity contribution is -0.116. The molecule has 2 atom stereocenters. The molecule has 0 fully saturated rings. The third-order valence-corrected chi connectivity index (χ3v) is 6.01. The third-order valence-electron chi connectivity index (χ3n) is 4.97. The van der Waals surface area contributed by atoms with E-state index in [1.54, 1.807) is 22.1 Å². The van der Waals surface area contributed by atoms with Gasteiger partial charge in [-0.1, -0.05) is 18.2 Å². The number of carbonyl (C=O) groups excluding carboxylic acids is 1. The van der Waals surface area contributed by atoms with Crippen LogP contribution in [-0.4, -0.2) is 20.5 Å². The lowest BCUT2D eigenvalue weighted by atomic mass is 9.80. The van der Waals surface area contributed by atoms with Gasteiger partial charge >= 0.3 is 0 Å². The molecule has 2 aromatic heterocycles. The van der Waals surface area contributed by atoms with E-state index in [-0.39, 0.29) is 17.5 Å². The molecule has 0 saturated heterocycles. The van der Waals surface area contributed by atoms with E-state index < -0.39 is 6.04 Å². The summed E-state index contributed by atoms with van der Waals surface area (Å²) in [6, 6.07) is 9.98. The van der Waals surface area contributed by atoms with Gasteiger partial charge in [0.1, 0.15) is 18.2 Å². The van der Waals surface area contributed by atoms with Crippen LogP contribution in [0.4, 0.5) is 10.3 Å². The Morgan fingerprint density at radius 3 is 2.96 bits per heavy atom. The standard InChI is InChI=1S/C19H15FN4OS/c20-13-4-1-3-11(7-13)18-17-14(23-19-21-10-22-24(18)19)8-12(9-15(17)25)16-5-2-6-26-16/h1-7,10,12,18H,8-9H2,(H,21,22,23)/t12-,18-/m0/s1. The highest BCUT2D eigenvalue weighted by molar-refractivity contribution is 7.10. The summed E-state index contributed by atoms with van der Waals surface area (Å²) in [4.78, 5) is 18.6. The molecule has 5 rings (SSSR count). The molecular weight excluding hydrogens is 351 g/mol. The number of nitrogens with one attached hydrogen (secondary N) is 1. The van der Waals surface area contributed by atoms with Gasteiger partial charge in [-0.3, -0.25) is 4.79 Å². The predicted octanol–water partition coefficient (Wildman–Crippen LogP) is 3.89. The highest BCUT2D eigenvalue weighted by Gasteiger charge is 2.39. The van der Waals surface area contributed by atoms with Crippen LogP contribution in [0, 0.1) is 5.82 Å². The second-order valence-corrected chi connectivity index (χ2v) is 7.53. The van der Waals surface area contributed by atoms with E-state index in [4.69, 9.17) is 0 Å². The minimum absolute atomic E-state index is 0.0764. The molecule has 0 unspecified atom stereocenters. The molecule has 0 saturated carbocycles. The number of thiophene rings is 1. The molecule has 2 aliphatic rings. The quantitative estimate of drug-likeness (QED) is 0.747. The summed E-state index contributed by atoms with van der Waals surface area (Å²) >= 11 is 1.67. The fraction of sp³-hybridized carbons (Fsp3) is 0.211. The van der Waals surface area contributed by atoms with Crippen LogP contribution in [0.3, 0.4) is 0 Å². The number of aromatic nitrogens is 3. The Bertz CT molecular complexity index is 1020. The van der Waals surface area contributed by atoms with Gasteiger partial charge < -0.3 is 5.32 Å². The first-order valence-electron chi connectivity index (χ1n) is 8.42. The van der Waals surface area contributed by atoms with Gasteiger partial charge in [0.25, 0.3) is 0 Å². The Morgan fingerprint density at radius 2 is 2.15 bits per heavy atom. The van der Waals surface area contributed by atoms with Crippen LogP contribution in [0.2, 0.25) is 0 Å². The van der Waals surface area contributed by atoms with Crippen molar-refractivity contribution in [1.29, 1.82) is 0 Å². The molecule has 1 aromatic carbocycles. The number of hydrogen-bond acceptors (Lipinski definition) is 5. The summed E-state index contributed by atoms with van der Waals surface area (Å²) in [6.45, 7) is 0. The van der Waals surface area contributed by atoms with Crippen molar-refractivity contribution in [3.63, 3.8) is 0 Å². The number of halogens is 1. The van der Waals surface area contributed by atoms with Gasteiger partial charge in [-0.2, -0.15) is 10.1 Å². The largest absolute Gasteiger partial charge is 0.328 e. The molecule has 0 amide bonds. The van der Waals surface area contributed by atoms with Gasteiger partial charge in [0.05, 0.1) is 0 Å². The van der Waals surface area contributed by atoms with E-state index in [0.29, 0.717) is 23.5 Å². The van der Waals surface area contributed by atoms with E-state index in [1.165, 1.54) is 23.3 Å². The van der Waals surface area contributed by atoms with Crippen LogP contribution in [0.1, 0.15) is 35.2 Å².